The number of aliphatic hydroxyl groups is 1. The van der Waals surface area contributed by atoms with Crippen molar-refractivity contribution < 1.29 is 9.50 Å². The molecule has 0 radical (unpaired) electrons. The topological polar surface area (TPSA) is 36.4 Å². The number of hydrogen-bond donors (Lipinski definition) is 1. The van der Waals surface area contributed by atoms with E-state index < -0.39 is 6.10 Å². The number of hydrogen-bond acceptors (Lipinski definition) is 3. The summed E-state index contributed by atoms with van der Waals surface area (Å²) in [6, 6.07) is 15.0. The van der Waals surface area contributed by atoms with Gasteiger partial charge in [0.2, 0.25) is 0 Å². The first-order valence-corrected chi connectivity index (χ1v) is 10.9. The molecule has 1 fully saturated rings. The maximum absolute atomic E-state index is 13.6. The van der Waals surface area contributed by atoms with Crippen molar-refractivity contribution in [1.29, 1.82) is 0 Å². The van der Waals surface area contributed by atoms with Gasteiger partial charge in [-0.1, -0.05) is 47.8 Å². The highest BCUT2D eigenvalue weighted by atomic mass is 35.5. The zero-order valence-corrected chi connectivity index (χ0v) is 18.0. The first kappa shape index (κ1) is 21.3. The Labute approximate surface area is 186 Å². The summed E-state index contributed by atoms with van der Waals surface area (Å²) in [5.74, 6) is -0.290. The summed E-state index contributed by atoms with van der Waals surface area (Å²) in [4.78, 5) is 6.81. The molecule has 2 atom stereocenters. The molecule has 1 aliphatic heterocycles. The van der Waals surface area contributed by atoms with E-state index in [4.69, 9.17) is 23.2 Å². The number of aromatic nitrogens is 1. The Morgan fingerprint density at radius 2 is 1.60 bits per heavy atom. The zero-order chi connectivity index (χ0) is 21.1. The van der Waals surface area contributed by atoms with Gasteiger partial charge in [-0.25, -0.2) is 4.39 Å². The molecule has 0 spiro atoms. The largest absolute Gasteiger partial charge is 0.386 e. The minimum absolute atomic E-state index is 0.290. The minimum Gasteiger partial charge on any atom is -0.386 e. The molecule has 1 aromatic heterocycles. The number of halogens is 3. The predicted octanol–water partition coefficient (Wildman–Crippen LogP) is 6.46. The molecule has 1 aliphatic rings. The Kier molecular flexibility index (Phi) is 6.69. The molecule has 2 unspecified atom stereocenters. The third-order valence-corrected chi connectivity index (χ3v) is 6.02. The fraction of sp³-hybridized carbons (Fsp3) is 0.292. The summed E-state index contributed by atoms with van der Waals surface area (Å²) < 4.78 is 13.6. The van der Waals surface area contributed by atoms with Gasteiger partial charge in [-0.15, -0.1) is 0 Å². The van der Waals surface area contributed by atoms with Crippen molar-refractivity contribution in [3.63, 3.8) is 0 Å². The van der Waals surface area contributed by atoms with Gasteiger partial charge in [0.25, 0.3) is 0 Å². The second kappa shape index (κ2) is 9.44. The normalized spacial score (nSPS) is 16.9. The van der Waals surface area contributed by atoms with Crippen LogP contribution in [0.2, 0.25) is 10.0 Å². The van der Waals surface area contributed by atoms with Gasteiger partial charge in [-0.3, -0.25) is 9.88 Å². The van der Waals surface area contributed by atoms with E-state index in [0.29, 0.717) is 21.3 Å². The predicted molar refractivity (Wildman–Crippen MR) is 119 cm³/mol. The molecule has 2 aromatic carbocycles. The Morgan fingerprint density at radius 1 is 0.933 bits per heavy atom. The molecule has 0 bridgehead atoms. The summed E-state index contributed by atoms with van der Waals surface area (Å²) in [7, 11) is 0. The van der Waals surface area contributed by atoms with E-state index in [1.54, 1.807) is 36.5 Å². The van der Waals surface area contributed by atoms with Crippen molar-refractivity contribution in [3.8, 4) is 11.3 Å². The lowest BCUT2D eigenvalue weighted by molar-refractivity contribution is 0.0363. The first-order valence-electron chi connectivity index (χ1n) is 10.1. The molecule has 6 heteroatoms. The summed E-state index contributed by atoms with van der Waals surface area (Å²) in [5, 5.41) is 12.6. The highest BCUT2D eigenvalue weighted by Gasteiger charge is 2.31. The van der Waals surface area contributed by atoms with Gasteiger partial charge < -0.3 is 5.11 Å². The molecule has 2 heterocycles. The second-order valence-electron chi connectivity index (χ2n) is 7.64. The van der Waals surface area contributed by atoms with Crippen molar-refractivity contribution in [2.45, 2.75) is 31.4 Å². The van der Waals surface area contributed by atoms with Gasteiger partial charge in [0.15, 0.2) is 0 Å². The third-order valence-electron chi connectivity index (χ3n) is 5.59. The number of likely N-dealkylation sites (tertiary alicyclic amines) is 1. The van der Waals surface area contributed by atoms with E-state index in [0.717, 1.165) is 37.1 Å². The second-order valence-corrected chi connectivity index (χ2v) is 8.51. The fourth-order valence-electron chi connectivity index (χ4n) is 4.21. The van der Waals surface area contributed by atoms with Crippen LogP contribution < -0.4 is 0 Å². The third kappa shape index (κ3) is 4.68. The zero-order valence-electron chi connectivity index (χ0n) is 16.4. The molecule has 30 heavy (non-hydrogen) atoms. The van der Waals surface area contributed by atoms with E-state index in [2.05, 4.69) is 9.88 Å². The maximum Gasteiger partial charge on any atom is 0.123 e. The van der Waals surface area contributed by atoms with Gasteiger partial charge in [0.1, 0.15) is 11.9 Å². The lowest BCUT2D eigenvalue weighted by atomic mass is 9.90. The van der Waals surface area contributed by atoms with Gasteiger partial charge in [-0.05, 0) is 67.9 Å². The standard InChI is InChI=1S/C24H23Cl2FN2O/c25-18-13-17(14-19(26)15-18)22-21(5-4-10-28-22)24(30)23(29-11-2-1-3-12-29)16-6-8-20(27)9-7-16/h4-10,13-15,23-24,30H,1-3,11-12H2. The van der Waals surface area contributed by atoms with Crippen LogP contribution in [0.5, 0.6) is 0 Å². The van der Waals surface area contributed by atoms with Crippen LogP contribution in [0, 0.1) is 5.82 Å². The van der Waals surface area contributed by atoms with Gasteiger partial charge in [0.05, 0.1) is 11.7 Å². The Morgan fingerprint density at radius 3 is 2.27 bits per heavy atom. The van der Waals surface area contributed by atoms with Crippen molar-refractivity contribution in [2.75, 3.05) is 13.1 Å². The highest BCUT2D eigenvalue weighted by Crippen LogP contribution is 2.39. The molecule has 3 aromatic rings. The van der Waals surface area contributed by atoms with Crippen LogP contribution in [0.25, 0.3) is 11.3 Å². The van der Waals surface area contributed by atoms with Crippen LogP contribution in [0.4, 0.5) is 4.39 Å². The summed E-state index contributed by atoms with van der Waals surface area (Å²) in [5.41, 5.74) is 2.96. The van der Waals surface area contributed by atoms with Crippen LogP contribution >= 0.6 is 23.2 Å². The lowest BCUT2D eigenvalue weighted by Gasteiger charge is -2.38. The molecule has 0 saturated carbocycles. The number of piperidine rings is 1. The van der Waals surface area contributed by atoms with Crippen LogP contribution in [-0.2, 0) is 0 Å². The number of benzene rings is 2. The van der Waals surface area contributed by atoms with E-state index in [1.165, 1.54) is 18.6 Å². The van der Waals surface area contributed by atoms with Crippen molar-refractivity contribution in [1.82, 2.24) is 9.88 Å². The lowest BCUT2D eigenvalue weighted by Crippen LogP contribution is -2.37. The molecular weight excluding hydrogens is 422 g/mol. The van der Waals surface area contributed by atoms with Crippen molar-refractivity contribution >= 4 is 23.2 Å². The first-order chi connectivity index (χ1) is 14.5. The molecular formula is C24H23Cl2FN2O. The Hall–Kier alpha value is -1.98. The van der Waals surface area contributed by atoms with Crippen LogP contribution in [0.1, 0.15) is 42.5 Å². The van der Waals surface area contributed by atoms with Crippen LogP contribution in [0.3, 0.4) is 0 Å². The van der Waals surface area contributed by atoms with E-state index >= 15 is 0 Å². The van der Waals surface area contributed by atoms with Crippen molar-refractivity contribution in [2.24, 2.45) is 0 Å². The number of nitrogens with zero attached hydrogens (tertiary/aromatic N) is 2. The molecule has 1 N–H and O–H groups in total. The van der Waals surface area contributed by atoms with Crippen LogP contribution in [-0.4, -0.2) is 28.1 Å². The van der Waals surface area contributed by atoms with E-state index in [9.17, 15) is 9.50 Å². The highest BCUT2D eigenvalue weighted by molar-refractivity contribution is 6.35. The summed E-state index contributed by atoms with van der Waals surface area (Å²) in [6.45, 7) is 1.77. The van der Waals surface area contributed by atoms with Gasteiger partial charge >= 0.3 is 0 Å². The number of rotatable bonds is 5. The summed E-state index contributed by atoms with van der Waals surface area (Å²) >= 11 is 12.4. The van der Waals surface area contributed by atoms with Crippen molar-refractivity contribution in [3.05, 3.63) is 87.8 Å². The molecule has 0 aliphatic carbocycles. The molecule has 1 saturated heterocycles. The average molecular weight is 445 g/mol. The number of aliphatic hydroxyl groups excluding tert-OH is 1. The molecule has 3 nitrogen and oxygen atoms in total. The smallest absolute Gasteiger partial charge is 0.123 e. The van der Waals surface area contributed by atoms with Gasteiger partial charge in [0, 0.05) is 27.4 Å². The Bertz CT molecular complexity index is 986. The van der Waals surface area contributed by atoms with E-state index in [-0.39, 0.29) is 11.9 Å². The summed E-state index contributed by atoms with van der Waals surface area (Å²) in [6.07, 6.45) is 4.17. The average Bonchev–Trinajstić information content (AvgIpc) is 2.75. The van der Waals surface area contributed by atoms with E-state index in [1.807, 2.05) is 12.1 Å². The monoisotopic (exact) mass is 444 g/mol. The van der Waals surface area contributed by atoms with Gasteiger partial charge in [-0.2, -0.15) is 0 Å². The van der Waals surface area contributed by atoms with Crippen LogP contribution in [0.15, 0.2) is 60.8 Å². The molecule has 156 valence electrons. The molecule has 0 amide bonds. The fourth-order valence-corrected chi connectivity index (χ4v) is 4.73. The minimum atomic E-state index is -0.852. The number of pyridine rings is 1. The maximum atomic E-state index is 13.6. The molecule has 4 rings (SSSR count). The SMILES string of the molecule is OC(c1cccnc1-c1cc(Cl)cc(Cl)c1)C(c1ccc(F)cc1)N1CCCCC1. The Balaban J connectivity index is 1.78. The quantitative estimate of drug-likeness (QED) is 0.490.